The molecule has 1 N–H and O–H groups in total. The zero-order valence-electron chi connectivity index (χ0n) is 14.0. The van der Waals surface area contributed by atoms with Crippen LogP contribution in [0, 0.1) is 5.41 Å². The van der Waals surface area contributed by atoms with Crippen LogP contribution in [0.15, 0.2) is 18.2 Å². The second-order valence-electron chi connectivity index (χ2n) is 7.79. The van der Waals surface area contributed by atoms with Crippen LogP contribution in [-0.4, -0.2) is 19.1 Å². The summed E-state index contributed by atoms with van der Waals surface area (Å²) in [6.45, 7) is 15.1. The molecule has 1 rings (SSSR count). The predicted octanol–water partition coefficient (Wildman–Crippen LogP) is 4.71. The Kier molecular flexibility index (Phi) is 5.51. The Morgan fingerprint density at radius 3 is 2.20 bits per heavy atom. The minimum Gasteiger partial charge on any atom is -0.374 e. The number of nitrogens with one attached hydrogen (secondary N) is 1. The molecule has 0 heterocycles. The molecule has 0 amide bonds. The predicted molar refractivity (Wildman–Crippen MR) is 90.8 cm³/mol. The van der Waals surface area contributed by atoms with E-state index in [-0.39, 0.29) is 11.0 Å². The van der Waals surface area contributed by atoms with E-state index in [4.69, 9.17) is 11.6 Å². The highest BCUT2D eigenvalue weighted by molar-refractivity contribution is 6.30. The Hall–Kier alpha value is -0.730. The molecule has 0 aromatic heterocycles. The number of nitrogens with zero attached hydrogens (tertiary/aromatic N) is 1. The maximum Gasteiger partial charge on any atom is 0.0410 e. The molecule has 0 aliphatic carbocycles. The van der Waals surface area contributed by atoms with E-state index < -0.39 is 0 Å². The minimum absolute atomic E-state index is 0.0994. The standard InChI is InChI=1S/C17H29ClN2/c1-16(2,3)12-20(7)15-9-8-14(18)10-13(15)11-19-17(4,5)6/h8-10,19H,11-12H2,1-7H3. The lowest BCUT2D eigenvalue weighted by Crippen LogP contribution is -2.36. The van der Waals surface area contributed by atoms with Crippen molar-refractivity contribution in [1.82, 2.24) is 5.32 Å². The lowest BCUT2D eigenvalue weighted by atomic mass is 9.95. The summed E-state index contributed by atoms with van der Waals surface area (Å²) < 4.78 is 0. The van der Waals surface area contributed by atoms with Crippen molar-refractivity contribution in [3.05, 3.63) is 28.8 Å². The summed E-state index contributed by atoms with van der Waals surface area (Å²) in [6.07, 6.45) is 0. The van der Waals surface area contributed by atoms with Crippen molar-refractivity contribution in [2.75, 3.05) is 18.5 Å². The second-order valence-corrected chi connectivity index (χ2v) is 8.23. The van der Waals surface area contributed by atoms with Crippen LogP contribution in [0.5, 0.6) is 0 Å². The number of benzene rings is 1. The number of hydrogen-bond donors (Lipinski definition) is 1. The van der Waals surface area contributed by atoms with Gasteiger partial charge in [0.1, 0.15) is 0 Å². The summed E-state index contributed by atoms with van der Waals surface area (Å²) in [5.74, 6) is 0. The summed E-state index contributed by atoms with van der Waals surface area (Å²) in [6, 6.07) is 6.15. The van der Waals surface area contributed by atoms with Gasteiger partial charge in [-0.25, -0.2) is 0 Å². The van der Waals surface area contributed by atoms with Crippen molar-refractivity contribution in [2.24, 2.45) is 5.41 Å². The number of hydrogen-bond acceptors (Lipinski definition) is 2. The monoisotopic (exact) mass is 296 g/mol. The number of rotatable bonds is 4. The maximum atomic E-state index is 6.16. The average Bonchev–Trinajstić information content (AvgIpc) is 2.22. The Morgan fingerprint density at radius 2 is 1.70 bits per heavy atom. The van der Waals surface area contributed by atoms with Crippen LogP contribution in [0.3, 0.4) is 0 Å². The third-order valence-electron chi connectivity index (χ3n) is 2.97. The Labute approximate surface area is 129 Å². The van der Waals surface area contributed by atoms with Crippen LogP contribution in [-0.2, 0) is 6.54 Å². The molecule has 0 saturated heterocycles. The second kappa shape index (κ2) is 6.36. The van der Waals surface area contributed by atoms with Gasteiger partial charge < -0.3 is 10.2 Å². The first kappa shape index (κ1) is 17.3. The number of halogens is 1. The fourth-order valence-corrected chi connectivity index (χ4v) is 2.42. The Balaban J connectivity index is 2.95. The molecule has 1 aromatic rings. The fourth-order valence-electron chi connectivity index (χ4n) is 2.23. The lowest BCUT2D eigenvalue weighted by Gasteiger charge is -2.31. The first-order valence-corrected chi connectivity index (χ1v) is 7.60. The summed E-state index contributed by atoms with van der Waals surface area (Å²) >= 11 is 6.16. The molecule has 114 valence electrons. The Morgan fingerprint density at radius 1 is 1.10 bits per heavy atom. The topological polar surface area (TPSA) is 15.3 Å². The van der Waals surface area contributed by atoms with E-state index in [1.165, 1.54) is 11.3 Å². The third kappa shape index (κ3) is 6.15. The molecule has 0 radical (unpaired) electrons. The van der Waals surface area contributed by atoms with Gasteiger partial charge in [0.2, 0.25) is 0 Å². The van der Waals surface area contributed by atoms with Crippen LogP contribution in [0.1, 0.15) is 47.1 Å². The molecule has 0 atom stereocenters. The van der Waals surface area contributed by atoms with E-state index in [2.05, 4.69) is 70.9 Å². The molecule has 1 aromatic carbocycles. The highest BCUT2D eigenvalue weighted by Gasteiger charge is 2.17. The van der Waals surface area contributed by atoms with Crippen LogP contribution in [0.25, 0.3) is 0 Å². The van der Waals surface area contributed by atoms with Gasteiger partial charge in [-0.1, -0.05) is 32.4 Å². The van der Waals surface area contributed by atoms with Crippen LogP contribution < -0.4 is 10.2 Å². The van der Waals surface area contributed by atoms with Gasteiger partial charge in [-0.2, -0.15) is 0 Å². The highest BCUT2D eigenvalue weighted by Crippen LogP contribution is 2.27. The average molecular weight is 297 g/mol. The van der Waals surface area contributed by atoms with Crippen molar-refractivity contribution in [1.29, 1.82) is 0 Å². The van der Waals surface area contributed by atoms with Crippen LogP contribution in [0.4, 0.5) is 5.69 Å². The van der Waals surface area contributed by atoms with E-state index in [0.717, 1.165) is 18.1 Å². The van der Waals surface area contributed by atoms with Crippen LogP contribution in [0.2, 0.25) is 5.02 Å². The molecular weight excluding hydrogens is 268 g/mol. The van der Waals surface area contributed by atoms with Crippen molar-refractivity contribution in [3.63, 3.8) is 0 Å². The molecule has 0 aliphatic rings. The SMILES string of the molecule is CN(CC(C)(C)C)c1ccc(Cl)cc1CNC(C)(C)C. The van der Waals surface area contributed by atoms with Crippen molar-refractivity contribution in [2.45, 2.75) is 53.6 Å². The van der Waals surface area contributed by atoms with Gasteiger partial charge in [0.15, 0.2) is 0 Å². The summed E-state index contributed by atoms with van der Waals surface area (Å²) in [5.41, 5.74) is 2.87. The maximum absolute atomic E-state index is 6.16. The molecule has 2 nitrogen and oxygen atoms in total. The normalized spacial score (nSPS) is 12.6. The molecule has 0 saturated carbocycles. The van der Waals surface area contributed by atoms with Gasteiger partial charge in [-0.15, -0.1) is 0 Å². The molecular formula is C17H29ClN2. The lowest BCUT2D eigenvalue weighted by molar-refractivity contribution is 0.414. The molecule has 0 fully saturated rings. The Bertz CT molecular complexity index is 441. The zero-order valence-corrected chi connectivity index (χ0v) is 14.7. The zero-order chi connectivity index (χ0) is 15.6. The summed E-state index contributed by atoms with van der Waals surface area (Å²) in [7, 11) is 2.15. The summed E-state index contributed by atoms with van der Waals surface area (Å²) in [5, 5.41) is 4.33. The molecule has 0 unspecified atom stereocenters. The van der Waals surface area contributed by atoms with E-state index in [1.54, 1.807) is 0 Å². The van der Waals surface area contributed by atoms with Crippen molar-refractivity contribution in [3.8, 4) is 0 Å². The largest absolute Gasteiger partial charge is 0.374 e. The molecule has 3 heteroatoms. The number of anilines is 1. The fraction of sp³-hybridized carbons (Fsp3) is 0.647. The quantitative estimate of drug-likeness (QED) is 0.865. The van der Waals surface area contributed by atoms with E-state index >= 15 is 0 Å². The van der Waals surface area contributed by atoms with Crippen molar-refractivity contribution < 1.29 is 0 Å². The molecule has 0 bridgehead atoms. The van der Waals surface area contributed by atoms with Gasteiger partial charge in [-0.05, 0) is 49.9 Å². The smallest absolute Gasteiger partial charge is 0.0410 e. The highest BCUT2D eigenvalue weighted by atomic mass is 35.5. The van der Waals surface area contributed by atoms with Gasteiger partial charge in [-0.3, -0.25) is 0 Å². The van der Waals surface area contributed by atoms with Crippen molar-refractivity contribution >= 4 is 17.3 Å². The molecule has 0 spiro atoms. The summed E-state index contributed by atoms with van der Waals surface area (Å²) in [4.78, 5) is 2.32. The third-order valence-corrected chi connectivity index (χ3v) is 3.21. The first-order valence-electron chi connectivity index (χ1n) is 7.22. The van der Waals surface area contributed by atoms with Gasteiger partial charge >= 0.3 is 0 Å². The first-order chi connectivity index (χ1) is 8.98. The van der Waals surface area contributed by atoms with E-state index in [0.29, 0.717) is 0 Å². The van der Waals surface area contributed by atoms with Gasteiger partial charge in [0.25, 0.3) is 0 Å². The van der Waals surface area contributed by atoms with E-state index in [9.17, 15) is 0 Å². The minimum atomic E-state index is 0.0994. The van der Waals surface area contributed by atoms with Gasteiger partial charge in [0, 0.05) is 36.4 Å². The molecule has 20 heavy (non-hydrogen) atoms. The van der Waals surface area contributed by atoms with E-state index in [1.807, 2.05) is 6.07 Å². The molecule has 0 aliphatic heterocycles. The van der Waals surface area contributed by atoms with Crippen LogP contribution >= 0.6 is 11.6 Å². The van der Waals surface area contributed by atoms with Gasteiger partial charge in [0.05, 0.1) is 0 Å².